The number of nitrogens with zero attached hydrogens (tertiary/aromatic N) is 1. The number of halogens is 2. The van der Waals surface area contributed by atoms with Gasteiger partial charge in [-0.15, -0.1) is 0 Å². The van der Waals surface area contributed by atoms with Gasteiger partial charge in [-0.05, 0) is 35.9 Å². The van der Waals surface area contributed by atoms with E-state index in [0.29, 0.717) is 11.3 Å². The minimum Gasteiger partial charge on any atom is -0.507 e. The monoisotopic (exact) mass is 451 g/mol. The van der Waals surface area contributed by atoms with Crippen LogP contribution in [0.3, 0.4) is 0 Å². The molecule has 0 aliphatic carbocycles. The van der Waals surface area contributed by atoms with Crippen molar-refractivity contribution < 1.29 is 33.0 Å². The van der Waals surface area contributed by atoms with Crippen molar-refractivity contribution in [3.05, 3.63) is 95.1 Å². The van der Waals surface area contributed by atoms with Gasteiger partial charge in [-0.25, -0.2) is 8.78 Å². The highest BCUT2D eigenvalue weighted by Crippen LogP contribution is 2.44. The number of carbonyl (C=O) groups excluding carboxylic acids is 2. The molecule has 168 valence electrons. The van der Waals surface area contributed by atoms with Gasteiger partial charge in [0.05, 0.1) is 37.1 Å². The minimum atomic E-state index is -1.21. The smallest absolute Gasteiger partial charge is 0.300 e. The van der Waals surface area contributed by atoms with E-state index in [4.69, 9.17) is 9.47 Å². The molecule has 1 heterocycles. The van der Waals surface area contributed by atoms with E-state index in [0.717, 1.165) is 23.1 Å². The summed E-state index contributed by atoms with van der Waals surface area (Å²) in [4.78, 5) is 27.1. The number of methoxy groups -OCH3 is 2. The summed E-state index contributed by atoms with van der Waals surface area (Å²) in [6, 6.07) is 14.3. The summed E-state index contributed by atoms with van der Waals surface area (Å²) in [5, 5.41) is 11.2. The van der Waals surface area contributed by atoms with Crippen molar-refractivity contribution in [2.75, 3.05) is 19.1 Å². The van der Waals surface area contributed by atoms with Gasteiger partial charge >= 0.3 is 0 Å². The van der Waals surface area contributed by atoms with Crippen LogP contribution >= 0.6 is 0 Å². The topological polar surface area (TPSA) is 76.1 Å². The molecule has 33 heavy (non-hydrogen) atoms. The lowest BCUT2D eigenvalue weighted by atomic mass is 9.94. The normalized spacial score (nSPS) is 17.3. The number of anilines is 1. The summed E-state index contributed by atoms with van der Waals surface area (Å²) in [7, 11) is 2.81. The molecule has 1 fully saturated rings. The van der Waals surface area contributed by atoms with Gasteiger partial charge in [0, 0.05) is 6.07 Å². The quantitative estimate of drug-likeness (QED) is 0.348. The van der Waals surface area contributed by atoms with Crippen molar-refractivity contribution >= 4 is 23.1 Å². The Labute approximate surface area is 188 Å². The Balaban J connectivity index is 2.01. The van der Waals surface area contributed by atoms with Crippen molar-refractivity contribution in [1.29, 1.82) is 0 Å². The zero-order chi connectivity index (χ0) is 23.7. The summed E-state index contributed by atoms with van der Waals surface area (Å²) in [5.74, 6) is -3.75. The molecule has 8 heteroatoms. The van der Waals surface area contributed by atoms with Crippen LogP contribution in [0.1, 0.15) is 17.2 Å². The van der Waals surface area contributed by atoms with Crippen LogP contribution in [0.5, 0.6) is 11.5 Å². The first kappa shape index (κ1) is 22.0. The van der Waals surface area contributed by atoms with E-state index in [9.17, 15) is 23.5 Å². The molecule has 0 spiro atoms. The predicted octanol–water partition coefficient (Wildman–Crippen LogP) is 4.61. The summed E-state index contributed by atoms with van der Waals surface area (Å²) in [5.41, 5.74) is -0.178. The number of Topliss-reactive ketones (excluding diaryl/α,β-unsaturated/α-hetero) is 1. The summed E-state index contributed by atoms with van der Waals surface area (Å²) >= 11 is 0. The first-order valence-corrected chi connectivity index (χ1v) is 9.90. The molecule has 1 aliphatic heterocycles. The fraction of sp³-hybridized carbons (Fsp3) is 0.120. The number of aliphatic hydroxyl groups excluding tert-OH is 1. The molecule has 3 aromatic carbocycles. The number of ether oxygens (including phenoxy) is 2. The number of amides is 1. The van der Waals surface area contributed by atoms with Crippen molar-refractivity contribution in [1.82, 2.24) is 0 Å². The largest absolute Gasteiger partial charge is 0.507 e. The fourth-order valence-corrected chi connectivity index (χ4v) is 3.85. The zero-order valence-corrected chi connectivity index (χ0v) is 17.7. The molecule has 1 amide bonds. The van der Waals surface area contributed by atoms with Crippen LogP contribution in [0.25, 0.3) is 5.76 Å². The zero-order valence-electron chi connectivity index (χ0n) is 17.7. The van der Waals surface area contributed by atoms with Gasteiger partial charge in [-0.1, -0.05) is 30.3 Å². The molecular weight excluding hydrogens is 432 g/mol. The average molecular weight is 451 g/mol. The molecule has 3 aromatic rings. The van der Waals surface area contributed by atoms with Crippen LogP contribution in [0.15, 0.2) is 72.3 Å². The number of rotatable bonds is 5. The molecule has 1 aliphatic rings. The number of ketones is 1. The van der Waals surface area contributed by atoms with Crippen LogP contribution in [0.4, 0.5) is 14.5 Å². The Kier molecular flexibility index (Phi) is 5.83. The van der Waals surface area contributed by atoms with Crippen LogP contribution in [0, 0.1) is 11.6 Å². The second-order valence-electron chi connectivity index (χ2n) is 7.24. The van der Waals surface area contributed by atoms with Gasteiger partial charge in [0.2, 0.25) is 0 Å². The summed E-state index contributed by atoms with van der Waals surface area (Å²) in [6.45, 7) is 0. The van der Waals surface area contributed by atoms with Gasteiger partial charge in [-0.2, -0.15) is 0 Å². The first-order valence-electron chi connectivity index (χ1n) is 9.90. The maximum atomic E-state index is 14.7. The van der Waals surface area contributed by atoms with Crippen molar-refractivity contribution in [3.63, 3.8) is 0 Å². The Hall–Kier alpha value is -4.20. The first-order chi connectivity index (χ1) is 15.9. The number of hydrogen-bond acceptors (Lipinski definition) is 5. The molecule has 6 nitrogen and oxygen atoms in total. The standard InChI is InChI=1S/C25H19F2NO5/c1-32-16-9-11-20(33-2)17(13-16)23(29)21-22(14-6-4-3-5-7-14)28(25(31)24(21)30)19-12-15(26)8-10-18(19)27/h3-13,22,29H,1-2H3/b23-21+. The van der Waals surface area contributed by atoms with Crippen LogP contribution in [-0.2, 0) is 9.59 Å². The number of hydrogen-bond donors (Lipinski definition) is 1. The molecular formula is C25H19F2NO5. The fourth-order valence-electron chi connectivity index (χ4n) is 3.85. The van der Waals surface area contributed by atoms with Crippen molar-refractivity contribution in [3.8, 4) is 11.5 Å². The summed E-state index contributed by atoms with van der Waals surface area (Å²) in [6.07, 6.45) is 0. The molecule has 1 unspecified atom stereocenters. The maximum absolute atomic E-state index is 14.7. The Morgan fingerprint density at radius 3 is 2.33 bits per heavy atom. The van der Waals surface area contributed by atoms with Crippen LogP contribution in [-0.4, -0.2) is 31.0 Å². The minimum absolute atomic E-state index is 0.107. The third-order valence-corrected chi connectivity index (χ3v) is 5.39. The van der Waals surface area contributed by atoms with Gasteiger partial charge in [0.1, 0.15) is 28.9 Å². The lowest BCUT2D eigenvalue weighted by Crippen LogP contribution is -2.30. The van der Waals surface area contributed by atoms with Crippen LogP contribution in [0.2, 0.25) is 0 Å². The van der Waals surface area contributed by atoms with Gasteiger partial charge in [0.15, 0.2) is 0 Å². The number of benzene rings is 3. The maximum Gasteiger partial charge on any atom is 0.300 e. The van der Waals surface area contributed by atoms with E-state index in [1.807, 2.05) is 0 Å². The van der Waals surface area contributed by atoms with E-state index < -0.39 is 40.8 Å². The van der Waals surface area contributed by atoms with E-state index in [1.165, 1.54) is 26.4 Å². The molecule has 1 atom stereocenters. The van der Waals surface area contributed by atoms with Gasteiger partial charge in [-0.3, -0.25) is 14.5 Å². The number of carbonyl (C=O) groups is 2. The van der Waals surface area contributed by atoms with Crippen molar-refractivity contribution in [2.45, 2.75) is 6.04 Å². The third-order valence-electron chi connectivity index (χ3n) is 5.39. The van der Waals surface area contributed by atoms with Gasteiger partial charge < -0.3 is 14.6 Å². The molecule has 0 bridgehead atoms. The molecule has 1 N–H and O–H groups in total. The van der Waals surface area contributed by atoms with Gasteiger partial charge in [0.25, 0.3) is 11.7 Å². The lowest BCUT2D eigenvalue weighted by molar-refractivity contribution is -0.132. The highest BCUT2D eigenvalue weighted by atomic mass is 19.1. The molecule has 1 saturated heterocycles. The van der Waals surface area contributed by atoms with E-state index in [2.05, 4.69) is 0 Å². The Morgan fingerprint density at radius 2 is 1.67 bits per heavy atom. The third kappa shape index (κ3) is 3.80. The Morgan fingerprint density at radius 1 is 0.939 bits per heavy atom. The van der Waals surface area contributed by atoms with E-state index >= 15 is 0 Å². The lowest BCUT2D eigenvalue weighted by Gasteiger charge is -2.26. The Bertz CT molecular complexity index is 1270. The molecule has 0 aromatic heterocycles. The predicted molar refractivity (Wildman–Crippen MR) is 117 cm³/mol. The van der Waals surface area contributed by atoms with Crippen molar-refractivity contribution in [2.24, 2.45) is 0 Å². The van der Waals surface area contributed by atoms with E-state index in [-0.39, 0.29) is 16.9 Å². The van der Waals surface area contributed by atoms with E-state index in [1.54, 1.807) is 36.4 Å². The van der Waals surface area contributed by atoms with Crippen LogP contribution < -0.4 is 14.4 Å². The highest BCUT2D eigenvalue weighted by Gasteiger charge is 2.48. The second-order valence-corrected chi connectivity index (χ2v) is 7.24. The molecule has 0 saturated carbocycles. The highest BCUT2D eigenvalue weighted by molar-refractivity contribution is 6.51. The number of aliphatic hydroxyl groups is 1. The average Bonchev–Trinajstić information content (AvgIpc) is 3.10. The SMILES string of the molecule is COc1ccc(OC)c(/C(O)=C2\C(=O)C(=O)N(c3cc(F)ccc3F)C2c2ccccc2)c1. The summed E-state index contributed by atoms with van der Waals surface area (Å²) < 4.78 is 39.2. The molecule has 4 rings (SSSR count). The second kappa shape index (κ2) is 8.74. The molecule has 0 radical (unpaired) electrons.